The lowest BCUT2D eigenvalue weighted by atomic mass is 10.1. The van der Waals surface area contributed by atoms with Gasteiger partial charge in [-0.1, -0.05) is 18.2 Å². The van der Waals surface area contributed by atoms with E-state index in [1.165, 1.54) is 16.5 Å². The highest BCUT2D eigenvalue weighted by molar-refractivity contribution is 5.89. The summed E-state index contributed by atoms with van der Waals surface area (Å²) in [4.78, 5) is 24.6. The lowest BCUT2D eigenvalue weighted by Crippen LogP contribution is -2.23. The molecule has 0 aliphatic carbocycles. The van der Waals surface area contributed by atoms with Crippen molar-refractivity contribution in [3.05, 3.63) is 88.7 Å². The predicted octanol–water partition coefficient (Wildman–Crippen LogP) is 3.55. The zero-order chi connectivity index (χ0) is 20.4. The molecule has 6 heteroatoms. The molecule has 0 aliphatic heterocycles. The first-order valence-corrected chi connectivity index (χ1v) is 9.66. The summed E-state index contributed by atoms with van der Waals surface area (Å²) >= 11 is 0. The van der Waals surface area contributed by atoms with Crippen molar-refractivity contribution in [3.63, 3.8) is 0 Å². The van der Waals surface area contributed by atoms with Gasteiger partial charge in [-0.15, -0.1) is 0 Å². The summed E-state index contributed by atoms with van der Waals surface area (Å²) in [5.74, 6) is -0.362. The Morgan fingerprint density at radius 2 is 1.79 bits per heavy atom. The van der Waals surface area contributed by atoms with Crippen LogP contribution in [0.4, 0.5) is 0 Å². The fourth-order valence-corrected chi connectivity index (χ4v) is 3.62. The van der Waals surface area contributed by atoms with Crippen LogP contribution < -0.4 is 5.69 Å². The zero-order valence-corrected chi connectivity index (χ0v) is 16.5. The number of para-hydroxylation sites is 1. The summed E-state index contributed by atoms with van der Waals surface area (Å²) in [5.41, 5.74) is 3.50. The number of hydrogen-bond acceptors (Lipinski definition) is 3. The van der Waals surface area contributed by atoms with Crippen molar-refractivity contribution >= 4 is 16.9 Å². The van der Waals surface area contributed by atoms with Gasteiger partial charge in [0.1, 0.15) is 0 Å². The minimum atomic E-state index is -0.362. The van der Waals surface area contributed by atoms with Crippen LogP contribution in [0.5, 0.6) is 0 Å². The molecule has 0 amide bonds. The number of aryl methyl sites for hydroxylation is 3. The van der Waals surface area contributed by atoms with Gasteiger partial charge in [0, 0.05) is 43.1 Å². The van der Waals surface area contributed by atoms with Crippen molar-refractivity contribution in [2.24, 2.45) is 7.05 Å². The number of carbonyl (C=O) groups is 1. The maximum absolute atomic E-state index is 12.8. The van der Waals surface area contributed by atoms with Crippen molar-refractivity contribution < 1.29 is 9.53 Å². The molecule has 0 unspecified atom stereocenters. The van der Waals surface area contributed by atoms with Crippen LogP contribution in [0, 0.1) is 0 Å². The van der Waals surface area contributed by atoms with Gasteiger partial charge in [-0.25, -0.2) is 9.59 Å². The molecule has 29 heavy (non-hydrogen) atoms. The normalized spacial score (nSPS) is 11.1. The highest BCUT2D eigenvalue weighted by Crippen LogP contribution is 2.21. The van der Waals surface area contributed by atoms with E-state index < -0.39 is 0 Å². The lowest BCUT2D eigenvalue weighted by molar-refractivity contribution is 0.0526. The van der Waals surface area contributed by atoms with Crippen molar-refractivity contribution in [1.29, 1.82) is 0 Å². The van der Waals surface area contributed by atoms with E-state index in [9.17, 15) is 9.59 Å². The van der Waals surface area contributed by atoms with E-state index in [-0.39, 0.29) is 11.7 Å². The van der Waals surface area contributed by atoms with Gasteiger partial charge in [-0.05, 0) is 49.2 Å². The van der Waals surface area contributed by atoms with Crippen LogP contribution >= 0.6 is 0 Å². The number of hydrogen-bond donors (Lipinski definition) is 0. The smallest absolute Gasteiger partial charge is 0.338 e. The fourth-order valence-electron chi connectivity index (χ4n) is 3.62. The van der Waals surface area contributed by atoms with Gasteiger partial charge in [-0.3, -0.25) is 9.13 Å². The van der Waals surface area contributed by atoms with Crippen LogP contribution in [-0.2, 0) is 24.8 Å². The van der Waals surface area contributed by atoms with E-state index in [0.717, 1.165) is 6.42 Å². The molecule has 0 radical (unpaired) electrons. The number of ether oxygens (including phenoxy) is 1. The Morgan fingerprint density at radius 3 is 2.55 bits per heavy atom. The Morgan fingerprint density at radius 1 is 1.03 bits per heavy atom. The van der Waals surface area contributed by atoms with E-state index in [4.69, 9.17) is 4.74 Å². The quantitative estimate of drug-likeness (QED) is 0.474. The van der Waals surface area contributed by atoms with Gasteiger partial charge in [-0.2, -0.15) is 0 Å². The Kier molecular flexibility index (Phi) is 5.08. The molecule has 148 valence electrons. The van der Waals surface area contributed by atoms with Gasteiger partial charge in [0.25, 0.3) is 0 Å². The minimum Gasteiger partial charge on any atom is -0.462 e. The first kappa shape index (κ1) is 18.8. The minimum absolute atomic E-state index is 0.103. The van der Waals surface area contributed by atoms with Crippen LogP contribution in [0.1, 0.15) is 22.8 Å². The van der Waals surface area contributed by atoms with Gasteiger partial charge >= 0.3 is 11.7 Å². The van der Waals surface area contributed by atoms with Crippen molar-refractivity contribution in [3.8, 4) is 5.69 Å². The maximum atomic E-state index is 12.8. The monoisotopic (exact) mass is 389 g/mol. The number of esters is 1. The molecular weight excluding hydrogens is 366 g/mol. The average Bonchev–Trinajstić information content (AvgIpc) is 3.27. The second kappa shape index (κ2) is 7.83. The molecule has 0 saturated carbocycles. The van der Waals surface area contributed by atoms with Crippen LogP contribution in [0.15, 0.2) is 71.9 Å². The Bertz CT molecular complexity index is 1210. The lowest BCUT2D eigenvalue weighted by Gasteiger charge is -2.05. The fraction of sp³-hybridized carbons (Fsp3) is 0.217. The second-order valence-electron chi connectivity index (χ2n) is 6.94. The largest absolute Gasteiger partial charge is 0.462 e. The molecule has 0 spiro atoms. The van der Waals surface area contributed by atoms with Gasteiger partial charge < -0.3 is 9.30 Å². The number of carbonyl (C=O) groups excluding carboxylic acids is 1. The van der Waals surface area contributed by atoms with E-state index in [2.05, 4.69) is 22.9 Å². The van der Waals surface area contributed by atoms with Crippen LogP contribution in [-0.4, -0.2) is 26.3 Å². The number of nitrogens with zero attached hydrogens (tertiary/aromatic N) is 3. The van der Waals surface area contributed by atoms with E-state index >= 15 is 0 Å². The molecule has 0 N–H and O–H groups in total. The Labute approximate surface area is 168 Å². The third-order valence-corrected chi connectivity index (χ3v) is 5.11. The molecule has 6 nitrogen and oxygen atoms in total. The summed E-state index contributed by atoms with van der Waals surface area (Å²) < 4.78 is 10.4. The first-order chi connectivity index (χ1) is 14.1. The number of imidazole rings is 1. The predicted molar refractivity (Wildman–Crippen MR) is 113 cm³/mol. The molecule has 2 aromatic carbocycles. The number of fused-ring (bicyclic) bond motifs is 1. The van der Waals surface area contributed by atoms with Gasteiger partial charge in [0.2, 0.25) is 0 Å². The number of rotatable bonds is 6. The molecule has 0 aliphatic rings. The van der Waals surface area contributed by atoms with E-state index in [1.807, 2.05) is 19.2 Å². The van der Waals surface area contributed by atoms with Crippen molar-refractivity contribution in [1.82, 2.24) is 13.7 Å². The zero-order valence-electron chi connectivity index (χ0n) is 16.5. The summed E-state index contributed by atoms with van der Waals surface area (Å²) in [5, 5.41) is 1.22. The Hall–Kier alpha value is -3.54. The molecule has 0 atom stereocenters. The third-order valence-electron chi connectivity index (χ3n) is 5.11. The van der Waals surface area contributed by atoms with Crippen molar-refractivity contribution in [2.75, 3.05) is 6.61 Å². The second-order valence-corrected chi connectivity index (χ2v) is 6.94. The summed E-state index contributed by atoms with van der Waals surface area (Å²) in [6.07, 6.45) is 6.45. The summed E-state index contributed by atoms with van der Waals surface area (Å²) in [7, 11) is 2.04. The first-order valence-electron chi connectivity index (χ1n) is 9.66. The van der Waals surface area contributed by atoms with E-state index in [0.29, 0.717) is 24.4 Å². The van der Waals surface area contributed by atoms with Gasteiger partial charge in [0.15, 0.2) is 0 Å². The highest BCUT2D eigenvalue weighted by Gasteiger charge is 2.10. The Balaban J connectivity index is 1.53. The third kappa shape index (κ3) is 3.61. The van der Waals surface area contributed by atoms with Gasteiger partial charge in [0.05, 0.1) is 17.9 Å². The molecule has 2 heterocycles. The van der Waals surface area contributed by atoms with Crippen LogP contribution in [0.3, 0.4) is 0 Å². The van der Waals surface area contributed by atoms with Crippen molar-refractivity contribution in [2.45, 2.75) is 19.9 Å². The molecule has 4 aromatic rings. The topological polar surface area (TPSA) is 58.2 Å². The summed E-state index contributed by atoms with van der Waals surface area (Å²) in [6, 6.07) is 15.1. The SMILES string of the molecule is CCOC(=O)c1ccc(-n2ccn(CCc3cn(C)c4ccccc34)c2=O)cc1. The molecule has 0 saturated heterocycles. The molecular formula is C23H23N3O3. The number of aromatic nitrogens is 3. The van der Waals surface area contributed by atoms with E-state index in [1.54, 1.807) is 52.7 Å². The maximum Gasteiger partial charge on any atom is 0.338 e. The molecule has 2 aromatic heterocycles. The number of benzene rings is 2. The van der Waals surface area contributed by atoms with Crippen LogP contribution in [0.2, 0.25) is 0 Å². The molecule has 0 fully saturated rings. The molecule has 4 rings (SSSR count). The highest BCUT2D eigenvalue weighted by atomic mass is 16.5. The van der Waals surface area contributed by atoms with Crippen LogP contribution in [0.25, 0.3) is 16.6 Å². The summed E-state index contributed by atoms with van der Waals surface area (Å²) in [6.45, 7) is 2.70. The molecule has 0 bridgehead atoms. The average molecular weight is 389 g/mol. The standard InChI is InChI=1S/C23H23N3O3/c1-3-29-22(27)17-8-10-19(11-9-17)26-15-14-25(23(26)28)13-12-18-16-24(2)21-7-5-4-6-20(18)21/h4-11,14-16H,3,12-13H2,1-2H3.